The molecule has 27 heavy (non-hydrogen) atoms. The zero-order valence-electron chi connectivity index (χ0n) is 16.4. The minimum Gasteiger partial charge on any atom is -0.493 e. The van der Waals surface area contributed by atoms with Crippen molar-refractivity contribution in [3.63, 3.8) is 0 Å². The van der Waals surface area contributed by atoms with E-state index in [9.17, 15) is 9.18 Å². The third kappa shape index (κ3) is 3.51. The maximum absolute atomic E-state index is 15.0. The first-order chi connectivity index (χ1) is 12.6. The summed E-state index contributed by atoms with van der Waals surface area (Å²) in [5, 5.41) is 11.7. The van der Waals surface area contributed by atoms with Gasteiger partial charge in [0.2, 0.25) is 0 Å². The number of nitrogens with one attached hydrogen (secondary N) is 1. The number of amides is 1. The van der Waals surface area contributed by atoms with Crippen molar-refractivity contribution in [2.45, 2.75) is 47.1 Å². The Labute approximate surface area is 159 Å². The summed E-state index contributed by atoms with van der Waals surface area (Å²) in [6.45, 7) is 10.4. The van der Waals surface area contributed by atoms with Gasteiger partial charge in [0, 0.05) is 5.56 Å². The largest absolute Gasteiger partial charge is 0.493 e. The molecule has 5 heteroatoms. The highest BCUT2D eigenvalue weighted by molar-refractivity contribution is 5.71. The number of carboxylic acid groups (broad SMARTS) is 1. The monoisotopic (exact) mass is 371 g/mol. The quantitative estimate of drug-likeness (QED) is 0.756. The molecular weight excluding hydrogens is 345 g/mol. The van der Waals surface area contributed by atoms with Gasteiger partial charge in [0.05, 0.1) is 12.6 Å². The molecule has 0 aliphatic heterocycles. The van der Waals surface area contributed by atoms with Gasteiger partial charge in [-0.2, -0.15) is 0 Å². The van der Waals surface area contributed by atoms with Gasteiger partial charge in [-0.25, -0.2) is 9.18 Å². The van der Waals surface area contributed by atoms with Crippen molar-refractivity contribution in [1.29, 1.82) is 0 Å². The molecule has 1 aliphatic carbocycles. The van der Waals surface area contributed by atoms with E-state index in [1.54, 1.807) is 0 Å². The minimum atomic E-state index is -1.09. The van der Waals surface area contributed by atoms with Crippen LogP contribution in [0.25, 0.3) is 11.1 Å². The highest BCUT2D eigenvalue weighted by atomic mass is 19.1. The molecule has 1 atom stereocenters. The SMILES string of the molecule is CCOc1c(C)cc(-c2cc3c(cc2F)C(NC(=O)O)C(C)(C)C3)cc1C. The molecule has 0 heterocycles. The van der Waals surface area contributed by atoms with Gasteiger partial charge in [0.15, 0.2) is 0 Å². The number of halogens is 1. The fourth-order valence-electron chi connectivity index (χ4n) is 4.16. The van der Waals surface area contributed by atoms with Gasteiger partial charge >= 0.3 is 6.09 Å². The van der Waals surface area contributed by atoms with Crippen LogP contribution < -0.4 is 10.1 Å². The zero-order valence-corrected chi connectivity index (χ0v) is 16.4. The Balaban J connectivity index is 2.07. The molecule has 4 nitrogen and oxygen atoms in total. The Morgan fingerprint density at radius 3 is 2.44 bits per heavy atom. The van der Waals surface area contributed by atoms with E-state index in [1.807, 2.05) is 52.8 Å². The Kier molecular flexibility index (Phi) is 4.89. The summed E-state index contributed by atoms with van der Waals surface area (Å²) in [7, 11) is 0. The number of hydrogen-bond acceptors (Lipinski definition) is 2. The number of aryl methyl sites for hydroxylation is 2. The van der Waals surface area contributed by atoms with Gasteiger partial charge in [-0.05, 0) is 84.7 Å². The van der Waals surface area contributed by atoms with Crippen LogP contribution in [0.5, 0.6) is 5.75 Å². The Hall–Kier alpha value is -2.56. The molecule has 0 fully saturated rings. The predicted molar refractivity (Wildman–Crippen MR) is 104 cm³/mol. The highest BCUT2D eigenvalue weighted by Gasteiger charge is 2.40. The maximum Gasteiger partial charge on any atom is 0.405 e. The van der Waals surface area contributed by atoms with Crippen molar-refractivity contribution in [2.75, 3.05) is 6.61 Å². The maximum atomic E-state index is 15.0. The second-order valence-electron chi connectivity index (χ2n) is 7.95. The molecule has 2 N–H and O–H groups in total. The molecule has 1 amide bonds. The van der Waals surface area contributed by atoms with Crippen LogP contribution in [0.15, 0.2) is 24.3 Å². The van der Waals surface area contributed by atoms with E-state index in [1.165, 1.54) is 6.07 Å². The topological polar surface area (TPSA) is 58.6 Å². The Bertz CT molecular complexity index is 882. The molecule has 0 aromatic heterocycles. The van der Waals surface area contributed by atoms with Crippen molar-refractivity contribution in [3.05, 3.63) is 52.3 Å². The molecule has 0 radical (unpaired) electrons. The average Bonchev–Trinajstić information content (AvgIpc) is 2.79. The van der Waals surface area contributed by atoms with Crippen LogP contribution >= 0.6 is 0 Å². The minimum absolute atomic E-state index is 0.309. The molecule has 1 aliphatic rings. The van der Waals surface area contributed by atoms with Crippen LogP contribution in [0.2, 0.25) is 0 Å². The van der Waals surface area contributed by atoms with Crippen molar-refractivity contribution in [3.8, 4) is 16.9 Å². The zero-order chi connectivity index (χ0) is 19.9. The molecule has 0 bridgehead atoms. The lowest BCUT2D eigenvalue weighted by Gasteiger charge is -2.27. The van der Waals surface area contributed by atoms with E-state index in [0.29, 0.717) is 18.6 Å². The lowest BCUT2D eigenvalue weighted by molar-refractivity contribution is 0.175. The first-order valence-corrected chi connectivity index (χ1v) is 9.20. The van der Waals surface area contributed by atoms with Crippen LogP contribution in [0.1, 0.15) is 49.1 Å². The summed E-state index contributed by atoms with van der Waals surface area (Å²) in [4.78, 5) is 11.2. The van der Waals surface area contributed by atoms with Gasteiger partial charge in [0.25, 0.3) is 0 Å². The van der Waals surface area contributed by atoms with Gasteiger partial charge < -0.3 is 15.2 Å². The molecule has 0 saturated carbocycles. The molecule has 0 saturated heterocycles. The van der Waals surface area contributed by atoms with Crippen LogP contribution in [-0.2, 0) is 6.42 Å². The Morgan fingerprint density at radius 1 is 1.26 bits per heavy atom. The highest BCUT2D eigenvalue weighted by Crippen LogP contribution is 2.47. The standard InChI is InChI=1S/C22H26FNO3/c1-6-27-19-12(2)7-14(8-13(19)3)16-9-15-11-22(4,5)20(24-21(25)26)17(15)10-18(16)23/h7-10,20,24H,6,11H2,1-5H3,(H,25,26). The molecule has 1 unspecified atom stereocenters. The summed E-state index contributed by atoms with van der Waals surface area (Å²) in [5.41, 5.74) is 4.68. The van der Waals surface area contributed by atoms with Gasteiger partial charge in [-0.1, -0.05) is 13.8 Å². The van der Waals surface area contributed by atoms with Crippen LogP contribution in [-0.4, -0.2) is 17.8 Å². The van der Waals surface area contributed by atoms with E-state index in [-0.39, 0.29) is 11.2 Å². The lowest BCUT2D eigenvalue weighted by atomic mass is 9.85. The molecule has 144 valence electrons. The number of hydrogen-bond donors (Lipinski definition) is 2. The van der Waals surface area contributed by atoms with Crippen molar-refractivity contribution >= 4 is 6.09 Å². The number of ether oxygens (including phenoxy) is 1. The number of carbonyl (C=O) groups is 1. The second kappa shape index (κ2) is 6.87. The third-order valence-electron chi connectivity index (χ3n) is 5.30. The lowest BCUT2D eigenvalue weighted by Crippen LogP contribution is -2.34. The van der Waals surface area contributed by atoms with E-state index in [4.69, 9.17) is 9.84 Å². The fourth-order valence-corrected chi connectivity index (χ4v) is 4.16. The van der Waals surface area contributed by atoms with Gasteiger partial charge in [0.1, 0.15) is 11.6 Å². The van der Waals surface area contributed by atoms with Crippen LogP contribution in [0, 0.1) is 25.1 Å². The average molecular weight is 371 g/mol. The molecule has 3 rings (SSSR count). The summed E-state index contributed by atoms with van der Waals surface area (Å²) in [6, 6.07) is 6.81. The van der Waals surface area contributed by atoms with E-state index >= 15 is 0 Å². The molecule has 2 aromatic carbocycles. The first kappa shape index (κ1) is 19.2. The molecule has 2 aromatic rings. The summed E-state index contributed by atoms with van der Waals surface area (Å²) >= 11 is 0. The van der Waals surface area contributed by atoms with Crippen molar-refractivity contribution in [1.82, 2.24) is 5.32 Å². The van der Waals surface area contributed by atoms with E-state index in [2.05, 4.69) is 5.32 Å². The smallest absolute Gasteiger partial charge is 0.405 e. The summed E-state index contributed by atoms with van der Waals surface area (Å²) in [5.74, 6) is 0.501. The number of fused-ring (bicyclic) bond motifs is 1. The third-order valence-corrected chi connectivity index (χ3v) is 5.30. The molecule has 0 spiro atoms. The fraction of sp³-hybridized carbons (Fsp3) is 0.409. The van der Waals surface area contributed by atoms with Crippen LogP contribution in [0.3, 0.4) is 0 Å². The van der Waals surface area contributed by atoms with Gasteiger partial charge in [-0.15, -0.1) is 0 Å². The van der Waals surface area contributed by atoms with Crippen molar-refractivity contribution < 1.29 is 19.0 Å². The predicted octanol–water partition coefficient (Wildman–Crippen LogP) is 5.40. The summed E-state index contributed by atoms with van der Waals surface area (Å²) < 4.78 is 20.7. The number of rotatable bonds is 4. The molecular formula is C22H26FNO3. The summed E-state index contributed by atoms with van der Waals surface area (Å²) in [6.07, 6.45) is -0.404. The Morgan fingerprint density at radius 2 is 1.89 bits per heavy atom. The first-order valence-electron chi connectivity index (χ1n) is 9.20. The van der Waals surface area contributed by atoms with E-state index < -0.39 is 12.1 Å². The van der Waals surface area contributed by atoms with E-state index in [0.717, 1.165) is 33.6 Å². The normalized spacial score (nSPS) is 17.5. The second-order valence-corrected chi connectivity index (χ2v) is 7.95. The van der Waals surface area contributed by atoms with Crippen molar-refractivity contribution in [2.24, 2.45) is 5.41 Å². The van der Waals surface area contributed by atoms with Gasteiger partial charge in [-0.3, -0.25) is 0 Å². The number of benzene rings is 2. The van der Waals surface area contributed by atoms with Crippen LogP contribution in [0.4, 0.5) is 9.18 Å².